The summed E-state index contributed by atoms with van der Waals surface area (Å²) in [5, 5.41) is 0. The van der Waals surface area contributed by atoms with Gasteiger partial charge in [0.25, 0.3) is 5.91 Å². The minimum absolute atomic E-state index is 0.138. The Balaban J connectivity index is 2.28. The van der Waals surface area contributed by atoms with Gasteiger partial charge in [0.15, 0.2) is 0 Å². The molecule has 102 valence electrons. The molecular formula is C15H18FNO2. The summed E-state index contributed by atoms with van der Waals surface area (Å²) in [6, 6.07) is 4.37. The molecular weight excluding hydrogens is 245 g/mol. The average Bonchev–Trinajstić information content (AvgIpc) is 2.30. The van der Waals surface area contributed by atoms with Crippen molar-refractivity contribution in [1.29, 1.82) is 0 Å². The normalized spacial score (nSPS) is 18.5. The Morgan fingerprint density at radius 2 is 2.05 bits per heavy atom. The van der Waals surface area contributed by atoms with E-state index in [2.05, 4.69) is 0 Å². The number of aryl methyl sites for hydroxylation is 1. The first kappa shape index (κ1) is 13.7. The van der Waals surface area contributed by atoms with Crippen molar-refractivity contribution < 1.29 is 14.0 Å². The van der Waals surface area contributed by atoms with E-state index in [0.717, 1.165) is 0 Å². The fourth-order valence-electron chi connectivity index (χ4n) is 2.52. The molecule has 0 bridgehead atoms. The number of rotatable bonds is 1. The third-order valence-electron chi connectivity index (χ3n) is 3.62. The standard InChI is InChI=1S/C15H18FNO2/c1-10-8-11(4-5-13(10)16)14(19)17-7-6-12(18)9-15(17,2)3/h4-5,8H,6-7,9H2,1-3H3. The Labute approximate surface area is 112 Å². The van der Waals surface area contributed by atoms with Crippen LogP contribution in [0.3, 0.4) is 0 Å². The lowest BCUT2D eigenvalue weighted by atomic mass is 9.89. The van der Waals surface area contributed by atoms with Crippen LogP contribution in [0.25, 0.3) is 0 Å². The SMILES string of the molecule is Cc1cc(C(=O)N2CCC(=O)CC2(C)C)ccc1F. The predicted octanol–water partition coefficient (Wildman–Crippen LogP) is 2.72. The maximum atomic E-state index is 13.2. The van der Waals surface area contributed by atoms with E-state index in [-0.39, 0.29) is 17.5 Å². The zero-order valence-corrected chi connectivity index (χ0v) is 11.5. The van der Waals surface area contributed by atoms with Gasteiger partial charge in [0.05, 0.1) is 0 Å². The van der Waals surface area contributed by atoms with Crippen molar-refractivity contribution in [3.63, 3.8) is 0 Å². The van der Waals surface area contributed by atoms with Crippen LogP contribution < -0.4 is 0 Å². The summed E-state index contributed by atoms with van der Waals surface area (Å²) in [4.78, 5) is 25.7. The van der Waals surface area contributed by atoms with Gasteiger partial charge in [0, 0.05) is 30.5 Å². The quantitative estimate of drug-likeness (QED) is 0.781. The molecule has 3 nitrogen and oxygen atoms in total. The number of carbonyl (C=O) groups is 2. The highest BCUT2D eigenvalue weighted by Crippen LogP contribution is 2.27. The predicted molar refractivity (Wildman–Crippen MR) is 70.5 cm³/mol. The molecule has 1 aromatic carbocycles. The van der Waals surface area contributed by atoms with E-state index >= 15 is 0 Å². The van der Waals surface area contributed by atoms with Crippen LogP contribution in [0.2, 0.25) is 0 Å². The molecule has 1 aliphatic heterocycles. The van der Waals surface area contributed by atoms with Crippen molar-refractivity contribution in [1.82, 2.24) is 4.90 Å². The van der Waals surface area contributed by atoms with E-state index in [4.69, 9.17) is 0 Å². The Bertz CT molecular complexity index is 537. The zero-order chi connectivity index (χ0) is 14.2. The summed E-state index contributed by atoms with van der Waals surface area (Å²) in [6.45, 7) is 5.84. The van der Waals surface area contributed by atoms with Crippen LogP contribution in [0.15, 0.2) is 18.2 Å². The van der Waals surface area contributed by atoms with Gasteiger partial charge in [-0.15, -0.1) is 0 Å². The second kappa shape index (κ2) is 4.76. The molecule has 1 heterocycles. The number of nitrogens with zero attached hydrogens (tertiary/aromatic N) is 1. The van der Waals surface area contributed by atoms with Gasteiger partial charge < -0.3 is 4.90 Å². The number of benzene rings is 1. The molecule has 0 aliphatic carbocycles. The monoisotopic (exact) mass is 263 g/mol. The smallest absolute Gasteiger partial charge is 0.254 e. The number of piperidine rings is 1. The number of ketones is 1. The molecule has 0 saturated carbocycles. The summed E-state index contributed by atoms with van der Waals surface area (Å²) >= 11 is 0. The van der Waals surface area contributed by atoms with Gasteiger partial charge in [-0.25, -0.2) is 4.39 Å². The molecule has 1 saturated heterocycles. The Morgan fingerprint density at radius 3 is 2.63 bits per heavy atom. The van der Waals surface area contributed by atoms with E-state index in [1.807, 2.05) is 13.8 Å². The molecule has 1 fully saturated rings. The van der Waals surface area contributed by atoms with Crippen molar-refractivity contribution in [3.8, 4) is 0 Å². The maximum absolute atomic E-state index is 13.2. The van der Waals surface area contributed by atoms with Crippen LogP contribution >= 0.6 is 0 Å². The van der Waals surface area contributed by atoms with Crippen molar-refractivity contribution in [2.24, 2.45) is 0 Å². The molecule has 0 atom stereocenters. The highest BCUT2D eigenvalue weighted by molar-refractivity contribution is 5.96. The average molecular weight is 263 g/mol. The molecule has 1 aliphatic rings. The number of amides is 1. The van der Waals surface area contributed by atoms with Gasteiger partial charge in [-0.3, -0.25) is 9.59 Å². The van der Waals surface area contributed by atoms with E-state index in [0.29, 0.717) is 30.5 Å². The fraction of sp³-hybridized carbons (Fsp3) is 0.467. The van der Waals surface area contributed by atoms with E-state index in [1.165, 1.54) is 12.1 Å². The number of halogens is 1. The lowest BCUT2D eigenvalue weighted by molar-refractivity contribution is -0.124. The maximum Gasteiger partial charge on any atom is 0.254 e. The van der Waals surface area contributed by atoms with Crippen LogP contribution in [0, 0.1) is 12.7 Å². The molecule has 1 amide bonds. The van der Waals surface area contributed by atoms with Gasteiger partial charge in [0.2, 0.25) is 0 Å². The van der Waals surface area contributed by atoms with Crippen molar-refractivity contribution in [2.75, 3.05) is 6.54 Å². The first-order chi connectivity index (χ1) is 8.81. The molecule has 0 N–H and O–H groups in total. The van der Waals surface area contributed by atoms with E-state index in [9.17, 15) is 14.0 Å². The minimum atomic E-state index is -0.477. The molecule has 4 heteroatoms. The number of carbonyl (C=O) groups excluding carboxylic acids is 2. The summed E-state index contributed by atoms with van der Waals surface area (Å²) in [7, 11) is 0. The first-order valence-corrected chi connectivity index (χ1v) is 6.41. The second-order valence-electron chi connectivity index (χ2n) is 5.70. The number of Topliss-reactive ketones (excluding diaryl/α,β-unsaturated/α-hetero) is 1. The third kappa shape index (κ3) is 2.67. The summed E-state index contributed by atoms with van der Waals surface area (Å²) in [5.74, 6) is -0.269. The van der Waals surface area contributed by atoms with E-state index in [1.54, 1.807) is 17.9 Å². The molecule has 1 aromatic rings. The number of hydrogen-bond donors (Lipinski definition) is 0. The lowest BCUT2D eigenvalue weighted by Crippen LogP contribution is -2.53. The largest absolute Gasteiger partial charge is 0.333 e. The molecule has 2 rings (SSSR count). The van der Waals surface area contributed by atoms with Gasteiger partial charge >= 0.3 is 0 Å². The lowest BCUT2D eigenvalue weighted by Gasteiger charge is -2.41. The van der Waals surface area contributed by atoms with Gasteiger partial charge in [-0.05, 0) is 44.5 Å². The Hall–Kier alpha value is -1.71. The van der Waals surface area contributed by atoms with Crippen LogP contribution in [0.1, 0.15) is 42.6 Å². The molecule has 0 spiro atoms. The zero-order valence-electron chi connectivity index (χ0n) is 11.5. The molecule has 0 radical (unpaired) electrons. The van der Waals surface area contributed by atoms with Crippen LogP contribution in [-0.4, -0.2) is 28.7 Å². The van der Waals surface area contributed by atoms with Gasteiger partial charge in [0.1, 0.15) is 11.6 Å². The number of likely N-dealkylation sites (tertiary alicyclic amines) is 1. The molecule has 0 unspecified atom stereocenters. The first-order valence-electron chi connectivity index (χ1n) is 6.41. The topological polar surface area (TPSA) is 37.4 Å². The van der Waals surface area contributed by atoms with E-state index < -0.39 is 5.54 Å². The van der Waals surface area contributed by atoms with Crippen LogP contribution in [0.4, 0.5) is 4.39 Å². The van der Waals surface area contributed by atoms with Gasteiger partial charge in [-0.2, -0.15) is 0 Å². The van der Waals surface area contributed by atoms with Crippen molar-refractivity contribution >= 4 is 11.7 Å². The third-order valence-corrected chi connectivity index (χ3v) is 3.62. The molecule has 0 aromatic heterocycles. The minimum Gasteiger partial charge on any atom is -0.333 e. The summed E-state index contributed by atoms with van der Waals surface area (Å²) < 4.78 is 13.2. The van der Waals surface area contributed by atoms with Crippen LogP contribution in [-0.2, 0) is 4.79 Å². The second-order valence-corrected chi connectivity index (χ2v) is 5.70. The summed E-state index contributed by atoms with van der Waals surface area (Å²) in [6.07, 6.45) is 0.772. The molecule has 19 heavy (non-hydrogen) atoms. The van der Waals surface area contributed by atoms with Crippen LogP contribution in [0.5, 0.6) is 0 Å². The van der Waals surface area contributed by atoms with Crippen molar-refractivity contribution in [3.05, 3.63) is 35.1 Å². The highest BCUT2D eigenvalue weighted by atomic mass is 19.1. The Kier molecular flexibility index (Phi) is 3.43. The fourth-order valence-corrected chi connectivity index (χ4v) is 2.52. The number of hydrogen-bond acceptors (Lipinski definition) is 2. The Morgan fingerprint density at radius 1 is 1.37 bits per heavy atom. The highest BCUT2D eigenvalue weighted by Gasteiger charge is 2.37. The van der Waals surface area contributed by atoms with Crippen molar-refractivity contribution in [2.45, 2.75) is 39.2 Å². The summed E-state index contributed by atoms with van der Waals surface area (Å²) in [5.41, 5.74) is 0.451. The van der Waals surface area contributed by atoms with Gasteiger partial charge in [-0.1, -0.05) is 0 Å².